The summed E-state index contributed by atoms with van der Waals surface area (Å²) in [4.78, 5) is 0. The fourth-order valence-corrected chi connectivity index (χ4v) is 1.64. The van der Waals surface area contributed by atoms with Gasteiger partial charge in [0.1, 0.15) is 12.4 Å². The second-order valence-electron chi connectivity index (χ2n) is 3.93. The molecule has 2 heteroatoms. The van der Waals surface area contributed by atoms with Crippen LogP contribution in [0.5, 0.6) is 5.75 Å². The lowest BCUT2D eigenvalue weighted by Gasteiger charge is -2.06. The Balaban J connectivity index is 1.99. The summed E-state index contributed by atoms with van der Waals surface area (Å²) in [5.74, 6) is 0.832. The average Bonchev–Trinajstić information content (AvgIpc) is 2.44. The number of aliphatic hydroxyl groups is 1. The molecule has 18 heavy (non-hydrogen) atoms. The number of ether oxygens (including phenoxy) is 1. The standard InChI is InChI=1S/C16H16O2/c17-11-5-9-14-8-4-10-16(12-14)18-13-15-6-2-1-3-7-15/h1-10,12,17H,11,13H2/b9-5-. The van der Waals surface area contributed by atoms with Crippen molar-refractivity contribution in [3.8, 4) is 5.75 Å². The van der Waals surface area contributed by atoms with E-state index in [4.69, 9.17) is 9.84 Å². The molecule has 0 bridgehead atoms. The molecular formula is C16H16O2. The highest BCUT2D eigenvalue weighted by Gasteiger charge is 1.96. The number of benzene rings is 2. The van der Waals surface area contributed by atoms with Crippen molar-refractivity contribution in [1.29, 1.82) is 0 Å². The molecule has 0 aliphatic rings. The number of rotatable bonds is 5. The highest BCUT2D eigenvalue weighted by Crippen LogP contribution is 2.16. The van der Waals surface area contributed by atoms with Crippen LogP contribution >= 0.6 is 0 Å². The van der Waals surface area contributed by atoms with Crippen molar-refractivity contribution < 1.29 is 9.84 Å². The van der Waals surface area contributed by atoms with E-state index in [9.17, 15) is 0 Å². The summed E-state index contributed by atoms with van der Waals surface area (Å²) in [6, 6.07) is 17.9. The predicted octanol–water partition coefficient (Wildman–Crippen LogP) is 3.27. The SMILES string of the molecule is OC/C=C\c1cccc(OCc2ccccc2)c1. The molecule has 0 spiro atoms. The molecule has 0 aromatic heterocycles. The van der Waals surface area contributed by atoms with E-state index in [1.54, 1.807) is 6.08 Å². The Morgan fingerprint density at radius 3 is 2.61 bits per heavy atom. The first kappa shape index (κ1) is 12.4. The minimum Gasteiger partial charge on any atom is -0.489 e. The Labute approximate surface area is 107 Å². The van der Waals surface area contributed by atoms with E-state index in [1.165, 1.54) is 0 Å². The van der Waals surface area contributed by atoms with Gasteiger partial charge in [-0.25, -0.2) is 0 Å². The van der Waals surface area contributed by atoms with E-state index in [1.807, 2.05) is 60.7 Å². The van der Waals surface area contributed by atoms with E-state index < -0.39 is 0 Å². The lowest BCUT2D eigenvalue weighted by atomic mass is 10.2. The molecule has 92 valence electrons. The molecular weight excluding hydrogens is 224 g/mol. The quantitative estimate of drug-likeness (QED) is 0.869. The number of aliphatic hydroxyl groups excluding tert-OH is 1. The van der Waals surface area contributed by atoms with E-state index in [2.05, 4.69) is 0 Å². The van der Waals surface area contributed by atoms with Crippen LogP contribution in [0.2, 0.25) is 0 Å². The maximum absolute atomic E-state index is 8.73. The van der Waals surface area contributed by atoms with Crippen LogP contribution in [-0.2, 0) is 6.61 Å². The molecule has 2 aromatic rings. The van der Waals surface area contributed by atoms with Crippen LogP contribution in [0.15, 0.2) is 60.7 Å². The van der Waals surface area contributed by atoms with Gasteiger partial charge in [0.05, 0.1) is 6.61 Å². The van der Waals surface area contributed by atoms with Crippen LogP contribution < -0.4 is 4.74 Å². The van der Waals surface area contributed by atoms with E-state index in [0.29, 0.717) is 6.61 Å². The maximum atomic E-state index is 8.73. The van der Waals surface area contributed by atoms with Crippen LogP contribution in [0, 0.1) is 0 Å². The molecule has 2 nitrogen and oxygen atoms in total. The van der Waals surface area contributed by atoms with Gasteiger partial charge in [-0.1, -0.05) is 54.6 Å². The first-order valence-electron chi connectivity index (χ1n) is 5.92. The molecule has 0 aliphatic carbocycles. The Kier molecular flexibility index (Phi) is 4.56. The normalized spacial score (nSPS) is 10.7. The van der Waals surface area contributed by atoms with Gasteiger partial charge in [-0.3, -0.25) is 0 Å². The molecule has 0 heterocycles. The largest absolute Gasteiger partial charge is 0.489 e. The Bertz CT molecular complexity index is 504. The second kappa shape index (κ2) is 6.62. The van der Waals surface area contributed by atoms with Crippen LogP contribution in [0.25, 0.3) is 6.08 Å². The van der Waals surface area contributed by atoms with Gasteiger partial charge < -0.3 is 9.84 Å². The van der Waals surface area contributed by atoms with Crippen molar-refractivity contribution in [2.75, 3.05) is 6.61 Å². The third-order valence-electron chi connectivity index (χ3n) is 2.52. The molecule has 1 N–H and O–H groups in total. The lowest BCUT2D eigenvalue weighted by Crippen LogP contribution is -1.94. The summed E-state index contributed by atoms with van der Waals surface area (Å²) < 4.78 is 5.72. The van der Waals surface area contributed by atoms with Crippen LogP contribution in [0.1, 0.15) is 11.1 Å². The van der Waals surface area contributed by atoms with Gasteiger partial charge in [0.25, 0.3) is 0 Å². The van der Waals surface area contributed by atoms with Crippen molar-refractivity contribution in [2.45, 2.75) is 6.61 Å². The molecule has 0 saturated carbocycles. The summed E-state index contributed by atoms with van der Waals surface area (Å²) in [6.07, 6.45) is 3.58. The molecule has 0 radical (unpaired) electrons. The van der Waals surface area contributed by atoms with Gasteiger partial charge in [0.15, 0.2) is 0 Å². The van der Waals surface area contributed by atoms with Crippen molar-refractivity contribution in [3.63, 3.8) is 0 Å². The highest BCUT2D eigenvalue weighted by molar-refractivity contribution is 5.51. The van der Waals surface area contributed by atoms with Crippen LogP contribution in [0.4, 0.5) is 0 Å². The molecule has 0 aliphatic heterocycles. The second-order valence-corrected chi connectivity index (χ2v) is 3.93. The third kappa shape index (κ3) is 3.75. The number of hydrogen-bond acceptors (Lipinski definition) is 2. The van der Waals surface area contributed by atoms with E-state index in [-0.39, 0.29) is 6.61 Å². The van der Waals surface area contributed by atoms with Gasteiger partial charge in [-0.15, -0.1) is 0 Å². The summed E-state index contributed by atoms with van der Waals surface area (Å²) in [5, 5.41) is 8.73. The van der Waals surface area contributed by atoms with Gasteiger partial charge in [0.2, 0.25) is 0 Å². The van der Waals surface area contributed by atoms with Crippen molar-refractivity contribution in [1.82, 2.24) is 0 Å². The smallest absolute Gasteiger partial charge is 0.120 e. The lowest BCUT2D eigenvalue weighted by molar-refractivity contribution is 0.306. The van der Waals surface area contributed by atoms with Crippen molar-refractivity contribution in [2.24, 2.45) is 0 Å². The molecule has 0 fully saturated rings. The van der Waals surface area contributed by atoms with Crippen molar-refractivity contribution in [3.05, 3.63) is 71.8 Å². The molecule has 2 rings (SSSR count). The van der Waals surface area contributed by atoms with Gasteiger partial charge in [-0.2, -0.15) is 0 Å². The third-order valence-corrected chi connectivity index (χ3v) is 2.52. The van der Waals surface area contributed by atoms with Crippen molar-refractivity contribution >= 4 is 6.08 Å². The van der Waals surface area contributed by atoms with E-state index in [0.717, 1.165) is 16.9 Å². The van der Waals surface area contributed by atoms with Crippen LogP contribution in [0.3, 0.4) is 0 Å². The first-order valence-corrected chi connectivity index (χ1v) is 5.92. The van der Waals surface area contributed by atoms with Gasteiger partial charge in [0, 0.05) is 0 Å². The summed E-state index contributed by atoms with van der Waals surface area (Å²) in [5.41, 5.74) is 2.17. The zero-order chi connectivity index (χ0) is 12.6. The van der Waals surface area contributed by atoms with Crippen LogP contribution in [-0.4, -0.2) is 11.7 Å². The fraction of sp³-hybridized carbons (Fsp3) is 0.125. The Hall–Kier alpha value is -2.06. The Morgan fingerprint density at radius 1 is 1.00 bits per heavy atom. The fourth-order valence-electron chi connectivity index (χ4n) is 1.64. The zero-order valence-corrected chi connectivity index (χ0v) is 10.1. The molecule has 0 saturated heterocycles. The predicted molar refractivity (Wildman–Crippen MR) is 73.3 cm³/mol. The highest BCUT2D eigenvalue weighted by atomic mass is 16.5. The average molecular weight is 240 g/mol. The van der Waals surface area contributed by atoms with Gasteiger partial charge in [-0.05, 0) is 23.3 Å². The monoisotopic (exact) mass is 240 g/mol. The Morgan fingerprint density at radius 2 is 1.83 bits per heavy atom. The summed E-state index contributed by atoms with van der Waals surface area (Å²) >= 11 is 0. The van der Waals surface area contributed by atoms with Gasteiger partial charge >= 0.3 is 0 Å². The molecule has 2 aromatic carbocycles. The molecule has 0 amide bonds. The summed E-state index contributed by atoms with van der Waals surface area (Å²) in [7, 11) is 0. The minimum atomic E-state index is 0.0507. The maximum Gasteiger partial charge on any atom is 0.120 e. The van der Waals surface area contributed by atoms with E-state index >= 15 is 0 Å². The molecule has 0 atom stereocenters. The topological polar surface area (TPSA) is 29.5 Å². The first-order chi connectivity index (χ1) is 8.88. The zero-order valence-electron chi connectivity index (χ0n) is 10.1. The summed E-state index contributed by atoms with van der Waals surface area (Å²) in [6.45, 7) is 0.614. The number of hydrogen-bond donors (Lipinski definition) is 1. The minimum absolute atomic E-state index is 0.0507. The molecule has 0 unspecified atom stereocenters.